The van der Waals surface area contributed by atoms with Gasteiger partial charge in [0.1, 0.15) is 5.51 Å². The molecule has 2 heterocycles. The number of aromatic nitrogens is 3. The first-order valence-corrected chi connectivity index (χ1v) is 7.58. The fraction of sp³-hybridized carbons (Fsp3) is 0.200. The monoisotopic (exact) mass is 316 g/mol. The van der Waals surface area contributed by atoms with E-state index in [1.807, 2.05) is 35.0 Å². The molecule has 22 heavy (non-hydrogen) atoms. The molecule has 0 atom stereocenters. The van der Waals surface area contributed by atoms with E-state index < -0.39 is 0 Å². The van der Waals surface area contributed by atoms with Gasteiger partial charge in [-0.1, -0.05) is 11.3 Å². The molecular weight excluding hydrogens is 300 g/mol. The van der Waals surface area contributed by atoms with Crippen molar-refractivity contribution in [3.05, 3.63) is 47.7 Å². The molecular formula is C15H16N4O2S. The maximum atomic E-state index is 5.31. The Bertz CT molecular complexity index is 740. The molecule has 3 aromatic rings. The quantitative estimate of drug-likeness (QED) is 0.757. The largest absolute Gasteiger partial charge is 0.493 e. The first-order valence-electron chi connectivity index (χ1n) is 6.70. The van der Waals surface area contributed by atoms with Gasteiger partial charge in [0.15, 0.2) is 11.5 Å². The number of nitrogens with one attached hydrogen (secondary N) is 1. The van der Waals surface area contributed by atoms with Crippen molar-refractivity contribution in [2.75, 3.05) is 19.5 Å². The zero-order valence-electron chi connectivity index (χ0n) is 12.3. The SMILES string of the molecule is COc1ccc(NCc2cccn2-c2nncs2)cc1OC. The van der Waals surface area contributed by atoms with Crippen molar-refractivity contribution in [3.8, 4) is 16.6 Å². The van der Waals surface area contributed by atoms with Crippen molar-refractivity contribution in [1.29, 1.82) is 0 Å². The molecule has 0 radical (unpaired) electrons. The van der Waals surface area contributed by atoms with Crippen LogP contribution in [-0.4, -0.2) is 29.0 Å². The lowest BCUT2D eigenvalue weighted by Gasteiger charge is -2.12. The van der Waals surface area contributed by atoms with Crippen LogP contribution in [-0.2, 0) is 6.54 Å². The average molecular weight is 316 g/mol. The first kappa shape index (κ1) is 14.4. The standard InChI is InChI=1S/C15H16N4O2S/c1-20-13-6-5-11(8-14(13)21-2)16-9-12-4-3-7-19(12)15-18-17-10-22-15/h3-8,10,16H,9H2,1-2H3. The predicted molar refractivity (Wildman–Crippen MR) is 86.1 cm³/mol. The van der Waals surface area contributed by atoms with Crippen LogP contribution in [0.25, 0.3) is 5.13 Å². The Hall–Kier alpha value is -2.54. The molecule has 0 saturated heterocycles. The van der Waals surface area contributed by atoms with E-state index in [4.69, 9.17) is 9.47 Å². The molecule has 0 aliphatic carbocycles. The van der Waals surface area contributed by atoms with E-state index in [2.05, 4.69) is 21.6 Å². The van der Waals surface area contributed by atoms with Gasteiger partial charge >= 0.3 is 0 Å². The van der Waals surface area contributed by atoms with Crippen LogP contribution < -0.4 is 14.8 Å². The number of hydrogen-bond acceptors (Lipinski definition) is 6. The number of benzene rings is 1. The lowest BCUT2D eigenvalue weighted by atomic mass is 10.2. The number of anilines is 1. The molecule has 2 aromatic heterocycles. The molecule has 1 aromatic carbocycles. The van der Waals surface area contributed by atoms with Gasteiger partial charge in [0.2, 0.25) is 5.13 Å². The molecule has 0 saturated carbocycles. The summed E-state index contributed by atoms with van der Waals surface area (Å²) in [5.41, 5.74) is 3.79. The highest BCUT2D eigenvalue weighted by Crippen LogP contribution is 2.30. The van der Waals surface area contributed by atoms with Gasteiger partial charge in [0.05, 0.1) is 20.8 Å². The molecule has 0 amide bonds. The first-order chi connectivity index (χ1) is 10.8. The van der Waals surface area contributed by atoms with Crippen LogP contribution >= 0.6 is 11.3 Å². The number of methoxy groups -OCH3 is 2. The fourth-order valence-corrected chi connectivity index (χ4v) is 2.73. The van der Waals surface area contributed by atoms with E-state index >= 15 is 0 Å². The van der Waals surface area contributed by atoms with Gasteiger partial charge in [0.25, 0.3) is 0 Å². The maximum absolute atomic E-state index is 5.31. The Morgan fingerprint density at radius 3 is 2.77 bits per heavy atom. The van der Waals surface area contributed by atoms with Crippen LogP contribution in [0.1, 0.15) is 5.69 Å². The molecule has 0 fully saturated rings. The van der Waals surface area contributed by atoms with E-state index in [0.717, 1.165) is 16.5 Å². The van der Waals surface area contributed by atoms with Gasteiger partial charge in [-0.3, -0.25) is 4.57 Å². The summed E-state index contributed by atoms with van der Waals surface area (Å²) in [6.07, 6.45) is 1.98. The van der Waals surface area contributed by atoms with Gasteiger partial charge in [0, 0.05) is 23.6 Å². The van der Waals surface area contributed by atoms with Crippen molar-refractivity contribution >= 4 is 17.0 Å². The summed E-state index contributed by atoms with van der Waals surface area (Å²) in [5, 5.41) is 12.2. The summed E-state index contributed by atoms with van der Waals surface area (Å²) < 4.78 is 12.6. The summed E-state index contributed by atoms with van der Waals surface area (Å²) in [6, 6.07) is 9.80. The lowest BCUT2D eigenvalue weighted by molar-refractivity contribution is 0.355. The second-order valence-corrected chi connectivity index (χ2v) is 5.33. The van der Waals surface area contributed by atoms with Crippen molar-refractivity contribution < 1.29 is 9.47 Å². The average Bonchev–Trinajstić information content (AvgIpc) is 3.23. The van der Waals surface area contributed by atoms with Crippen LogP contribution in [0.2, 0.25) is 0 Å². The number of nitrogens with zero attached hydrogens (tertiary/aromatic N) is 3. The minimum atomic E-state index is 0.669. The topological polar surface area (TPSA) is 61.2 Å². The number of ether oxygens (including phenoxy) is 2. The van der Waals surface area contributed by atoms with E-state index in [-0.39, 0.29) is 0 Å². The number of rotatable bonds is 6. The fourth-order valence-electron chi connectivity index (χ4n) is 2.16. The van der Waals surface area contributed by atoms with Crippen LogP contribution in [0.4, 0.5) is 5.69 Å². The van der Waals surface area contributed by atoms with E-state index in [0.29, 0.717) is 18.0 Å². The lowest BCUT2D eigenvalue weighted by Crippen LogP contribution is -2.05. The summed E-state index contributed by atoms with van der Waals surface area (Å²) in [5.74, 6) is 1.41. The molecule has 3 rings (SSSR count). The molecule has 7 heteroatoms. The van der Waals surface area contributed by atoms with E-state index in [9.17, 15) is 0 Å². The second kappa shape index (κ2) is 6.48. The third kappa shape index (κ3) is 2.89. The maximum Gasteiger partial charge on any atom is 0.216 e. The minimum Gasteiger partial charge on any atom is -0.493 e. The van der Waals surface area contributed by atoms with Gasteiger partial charge in [-0.25, -0.2) is 0 Å². The summed E-state index contributed by atoms with van der Waals surface area (Å²) in [6.45, 7) is 0.669. The third-order valence-corrected chi connectivity index (χ3v) is 3.93. The van der Waals surface area contributed by atoms with Crippen molar-refractivity contribution in [2.45, 2.75) is 6.54 Å². The van der Waals surface area contributed by atoms with Crippen LogP contribution in [0.5, 0.6) is 11.5 Å². The Labute approximate surface area is 132 Å². The van der Waals surface area contributed by atoms with Crippen molar-refractivity contribution in [1.82, 2.24) is 14.8 Å². The zero-order valence-corrected chi connectivity index (χ0v) is 13.1. The van der Waals surface area contributed by atoms with E-state index in [1.54, 1.807) is 19.7 Å². The molecule has 0 aliphatic rings. The predicted octanol–water partition coefficient (Wildman–Crippen LogP) is 2.96. The highest BCUT2D eigenvalue weighted by molar-refractivity contribution is 7.11. The summed E-state index contributed by atoms with van der Waals surface area (Å²) in [7, 11) is 3.25. The normalized spacial score (nSPS) is 10.5. The molecule has 0 bridgehead atoms. The molecule has 0 unspecified atom stereocenters. The highest BCUT2D eigenvalue weighted by Gasteiger charge is 2.07. The number of hydrogen-bond donors (Lipinski definition) is 1. The second-order valence-electron chi connectivity index (χ2n) is 4.51. The van der Waals surface area contributed by atoms with Crippen LogP contribution in [0, 0.1) is 0 Å². The summed E-state index contributed by atoms with van der Waals surface area (Å²) >= 11 is 1.50. The van der Waals surface area contributed by atoms with Crippen LogP contribution in [0.15, 0.2) is 42.0 Å². The highest BCUT2D eigenvalue weighted by atomic mass is 32.1. The van der Waals surface area contributed by atoms with Crippen molar-refractivity contribution in [3.63, 3.8) is 0 Å². The molecule has 1 N–H and O–H groups in total. The minimum absolute atomic E-state index is 0.669. The molecule has 0 aliphatic heterocycles. The Balaban J connectivity index is 1.75. The van der Waals surface area contributed by atoms with Crippen LogP contribution in [0.3, 0.4) is 0 Å². The Morgan fingerprint density at radius 2 is 2.05 bits per heavy atom. The smallest absolute Gasteiger partial charge is 0.216 e. The third-order valence-electron chi connectivity index (χ3n) is 3.24. The van der Waals surface area contributed by atoms with E-state index in [1.165, 1.54) is 11.3 Å². The molecule has 114 valence electrons. The van der Waals surface area contributed by atoms with Gasteiger partial charge in [-0.2, -0.15) is 0 Å². The van der Waals surface area contributed by atoms with Gasteiger partial charge < -0.3 is 14.8 Å². The van der Waals surface area contributed by atoms with Crippen molar-refractivity contribution in [2.24, 2.45) is 0 Å². The molecule has 0 spiro atoms. The zero-order chi connectivity index (χ0) is 15.4. The summed E-state index contributed by atoms with van der Waals surface area (Å²) in [4.78, 5) is 0. The molecule has 6 nitrogen and oxygen atoms in total. The Morgan fingerprint density at radius 1 is 1.18 bits per heavy atom. The van der Waals surface area contributed by atoms with Gasteiger partial charge in [-0.05, 0) is 24.3 Å². The Kier molecular flexibility index (Phi) is 4.24. The van der Waals surface area contributed by atoms with Gasteiger partial charge in [-0.15, -0.1) is 10.2 Å².